The van der Waals surface area contributed by atoms with Gasteiger partial charge in [-0.1, -0.05) is 0 Å². The Morgan fingerprint density at radius 3 is 2.75 bits per heavy atom. The van der Waals surface area contributed by atoms with Crippen LogP contribution in [0.5, 0.6) is 5.75 Å². The highest BCUT2D eigenvalue weighted by atomic mass is 32.1. The molecule has 4 aliphatic rings. The lowest BCUT2D eigenvalue weighted by Gasteiger charge is -2.27. The molecule has 1 unspecified atom stereocenters. The molecule has 0 spiro atoms. The topological polar surface area (TPSA) is 90.3 Å². The number of aromatic nitrogens is 3. The molecule has 4 atom stereocenters. The molecule has 2 aliphatic heterocycles. The van der Waals surface area contributed by atoms with Crippen LogP contribution in [0.1, 0.15) is 60.4 Å². The van der Waals surface area contributed by atoms with Crippen molar-refractivity contribution in [3.63, 3.8) is 0 Å². The van der Waals surface area contributed by atoms with Crippen LogP contribution in [-0.4, -0.2) is 63.8 Å². The first kappa shape index (κ1) is 24.9. The number of ether oxygens (including phenoxy) is 1. The summed E-state index contributed by atoms with van der Waals surface area (Å²) in [5, 5.41) is 6.00. The van der Waals surface area contributed by atoms with Crippen LogP contribution in [0.15, 0.2) is 23.6 Å². The van der Waals surface area contributed by atoms with Crippen molar-refractivity contribution in [2.45, 2.75) is 63.1 Å². The minimum atomic E-state index is 0.0402. The maximum Gasteiger partial charge on any atom is 0.254 e. The van der Waals surface area contributed by atoms with Crippen LogP contribution in [0.2, 0.25) is 0 Å². The van der Waals surface area contributed by atoms with E-state index in [1.807, 2.05) is 28.4 Å². The number of hydrogen-bond donors (Lipinski definition) is 2. The van der Waals surface area contributed by atoms with Gasteiger partial charge in [0.2, 0.25) is 0 Å². The number of hydrogen-bond acceptors (Lipinski definition) is 6. The first-order valence-corrected chi connectivity index (χ1v) is 15.8. The zero-order valence-corrected chi connectivity index (χ0v) is 24.2. The van der Waals surface area contributed by atoms with Gasteiger partial charge in [0.1, 0.15) is 11.3 Å². The summed E-state index contributed by atoms with van der Waals surface area (Å²) in [6.45, 7) is 3.96. The summed E-state index contributed by atoms with van der Waals surface area (Å²) in [6.07, 6.45) is 7.19. The van der Waals surface area contributed by atoms with Gasteiger partial charge in [0.05, 0.1) is 28.5 Å². The highest BCUT2D eigenvalue weighted by Gasteiger charge is 2.47. The molecule has 9 heteroatoms. The smallest absolute Gasteiger partial charge is 0.254 e. The highest BCUT2D eigenvalue weighted by Crippen LogP contribution is 2.43. The van der Waals surface area contributed by atoms with Gasteiger partial charge in [-0.3, -0.25) is 4.79 Å². The van der Waals surface area contributed by atoms with Gasteiger partial charge in [-0.2, -0.15) is 0 Å². The van der Waals surface area contributed by atoms with E-state index >= 15 is 0 Å². The van der Waals surface area contributed by atoms with Gasteiger partial charge in [0.25, 0.3) is 5.91 Å². The summed E-state index contributed by atoms with van der Waals surface area (Å²) in [5.74, 6) is 3.37. The van der Waals surface area contributed by atoms with Crippen LogP contribution >= 0.6 is 11.3 Å². The van der Waals surface area contributed by atoms with Crippen molar-refractivity contribution in [3.05, 3.63) is 34.7 Å². The third kappa shape index (κ3) is 3.77. The molecular weight excluding hydrogens is 520 g/mol. The van der Waals surface area contributed by atoms with Gasteiger partial charge >= 0.3 is 0 Å². The maximum absolute atomic E-state index is 13.7. The van der Waals surface area contributed by atoms with Gasteiger partial charge in [-0.05, 0) is 92.0 Å². The minimum absolute atomic E-state index is 0.0402. The van der Waals surface area contributed by atoms with Crippen LogP contribution in [0, 0.1) is 11.8 Å². The Labute approximate surface area is 238 Å². The second kappa shape index (κ2) is 9.33. The Morgan fingerprint density at radius 2 is 2.05 bits per heavy atom. The number of nitrogens with zero attached hydrogens (tertiary/aromatic N) is 4. The van der Waals surface area contributed by atoms with Gasteiger partial charge in [0.15, 0.2) is 5.82 Å². The highest BCUT2D eigenvalue weighted by molar-refractivity contribution is 7.17. The number of methoxy groups -OCH3 is 1. The summed E-state index contributed by atoms with van der Waals surface area (Å²) in [4.78, 5) is 20.9. The fourth-order valence-electron chi connectivity index (χ4n) is 7.70. The molecule has 1 amide bonds. The summed E-state index contributed by atoms with van der Waals surface area (Å²) in [6, 6.07) is 6.43. The minimum Gasteiger partial charge on any atom is -0.494 e. The Balaban J connectivity index is 1.23. The Bertz CT molecular complexity index is 1620. The van der Waals surface area contributed by atoms with Crippen molar-refractivity contribution in [3.8, 4) is 17.3 Å². The molecule has 1 aromatic carbocycles. The van der Waals surface area contributed by atoms with E-state index in [1.165, 1.54) is 41.5 Å². The fraction of sp³-hybridized carbons (Fsp3) is 0.548. The van der Waals surface area contributed by atoms with E-state index in [2.05, 4.69) is 32.9 Å². The molecule has 2 bridgehead atoms. The van der Waals surface area contributed by atoms with Crippen LogP contribution in [-0.2, 0) is 13.6 Å². The van der Waals surface area contributed by atoms with Crippen LogP contribution in [0.25, 0.3) is 32.8 Å². The average molecular weight is 559 g/mol. The van der Waals surface area contributed by atoms with E-state index in [0.29, 0.717) is 23.1 Å². The van der Waals surface area contributed by atoms with Crippen molar-refractivity contribution in [2.24, 2.45) is 24.6 Å². The van der Waals surface area contributed by atoms with Crippen molar-refractivity contribution < 1.29 is 9.53 Å². The predicted molar refractivity (Wildman–Crippen MR) is 159 cm³/mol. The number of carbonyl (C=O) groups is 1. The lowest BCUT2D eigenvalue weighted by molar-refractivity contribution is 0.0700. The molecule has 210 valence electrons. The molecule has 0 radical (unpaired) electrons. The molecule has 4 aromatic rings. The van der Waals surface area contributed by atoms with Crippen molar-refractivity contribution in [1.29, 1.82) is 0 Å². The quantitative estimate of drug-likeness (QED) is 0.358. The number of nitrogens with two attached hydrogens (primary N) is 1. The summed E-state index contributed by atoms with van der Waals surface area (Å²) in [5.41, 5.74) is 12.8. The monoisotopic (exact) mass is 558 g/mol. The zero-order chi connectivity index (χ0) is 27.1. The number of imidazole rings is 1. The lowest BCUT2D eigenvalue weighted by Crippen LogP contribution is -2.41. The molecule has 8 rings (SSSR count). The second-order valence-electron chi connectivity index (χ2n) is 12.5. The first-order chi connectivity index (χ1) is 19.5. The van der Waals surface area contributed by atoms with Crippen molar-refractivity contribution in [1.82, 2.24) is 24.3 Å². The standard InChI is InChI=1S/C31H38N6O2S/c1-35-29-22(10-20(11-25(29)39-2)31(38)37-15-19-7-8-23(37)27(19)32)34-30(35)24-12-26-28(36(24)14-17-5-6-17)21(16-40-26)18-4-3-9-33-13-18/h10-12,16-19,23,27,33H,3-9,13-15,32H2,1-2H3/t18?,19-,23-,27-/m1/s1. The number of fused-ring (bicyclic) bond motifs is 4. The molecule has 3 aromatic heterocycles. The predicted octanol–water partition coefficient (Wildman–Crippen LogP) is 4.70. The van der Waals surface area contributed by atoms with Gasteiger partial charge < -0.3 is 29.8 Å². The van der Waals surface area contributed by atoms with Gasteiger partial charge in [0, 0.05) is 44.3 Å². The van der Waals surface area contributed by atoms with Crippen LogP contribution < -0.4 is 15.8 Å². The Kier molecular flexibility index (Phi) is 5.80. The van der Waals surface area contributed by atoms with Crippen molar-refractivity contribution >= 4 is 38.5 Å². The molecule has 5 heterocycles. The Morgan fingerprint density at radius 1 is 1.18 bits per heavy atom. The number of rotatable bonds is 6. The summed E-state index contributed by atoms with van der Waals surface area (Å²) < 4.78 is 11.9. The normalized spacial score (nSPS) is 26.4. The number of carbonyl (C=O) groups excluding carboxylic acids is 1. The second-order valence-corrected chi connectivity index (χ2v) is 13.4. The molecule has 3 N–H and O–H groups in total. The summed E-state index contributed by atoms with van der Waals surface area (Å²) in [7, 11) is 3.75. The number of nitrogens with one attached hydrogen (secondary N) is 1. The lowest BCUT2D eigenvalue weighted by atomic mass is 9.93. The third-order valence-electron chi connectivity index (χ3n) is 10.1. The van der Waals surface area contributed by atoms with Crippen molar-refractivity contribution in [2.75, 3.05) is 26.7 Å². The number of amides is 1. The van der Waals surface area contributed by atoms with E-state index in [1.54, 1.807) is 7.11 Å². The van der Waals surface area contributed by atoms with Crippen LogP contribution in [0.4, 0.5) is 0 Å². The van der Waals surface area contributed by atoms with E-state index in [9.17, 15) is 4.79 Å². The molecule has 4 fully saturated rings. The van der Waals surface area contributed by atoms with E-state index < -0.39 is 0 Å². The van der Waals surface area contributed by atoms with Gasteiger partial charge in [-0.25, -0.2) is 4.98 Å². The molecule has 2 saturated heterocycles. The van der Waals surface area contributed by atoms with E-state index in [0.717, 1.165) is 67.5 Å². The third-order valence-corrected chi connectivity index (χ3v) is 11.0. The number of piperidine rings is 2. The molecular formula is C31H38N6O2S. The first-order valence-electron chi connectivity index (χ1n) is 14.9. The largest absolute Gasteiger partial charge is 0.494 e. The van der Waals surface area contributed by atoms with E-state index in [4.69, 9.17) is 15.5 Å². The Hall–Kier alpha value is -2.88. The average Bonchev–Trinajstić information content (AvgIpc) is 3.21. The SMILES string of the molecule is COc1cc(C(=O)N2C[C@H]3CC[C@@H]2[C@@H]3N)cc2nc(-c3cc4scc(C5CCCNC5)c4n3CC3CC3)n(C)c12. The molecule has 2 aliphatic carbocycles. The van der Waals surface area contributed by atoms with Crippen LogP contribution in [0.3, 0.4) is 0 Å². The number of benzene rings is 1. The summed E-state index contributed by atoms with van der Waals surface area (Å²) >= 11 is 1.86. The van der Waals surface area contributed by atoms with E-state index in [-0.39, 0.29) is 18.0 Å². The molecule has 40 heavy (non-hydrogen) atoms. The molecule has 8 nitrogen and oxygen atoms in total. The fourth-order valence-corrected chi connectivity index (χ4v) is 8.78. The zero-order valence-electron chi connectivity index (χ0n) is 23.4. The maximum atomic E-state index is 13.7. The molecule has 2 saturated carbocycles. The number of aryl methyl sites for hydroxylation is 1. The number of thiophene rings is 1. The van der Waals surface area contributed by atoms with Gasteiger partial charge in [-0.15, -0.1) is 11.3 Å². The number of likely N-dealkylation sites (tertiary alicyclic amines) is 1.